The maximum atomic E-state index is 8.92. The minimum atomic E-state index is 0.368. The number of rotatable bonds is 2. The molecule has 0 saturated carbocycles. The van der Waals surface area contributed by atoms with E-state index in [1.54, 1.807) is 6.07 Å². The molecular formula is C23H37NOS. The fourth-order valence-electron chi connectivity index (χ4n) is 2.59. The molecule has 1 atom stereocenters. The lowest BCUT2D eigenvalue weighted by Crippen LogP contribution is -2.26. The first kappa shape index (κ1) is 24.6. The molecule has 3 heteroatoms. The number of aromatic hydroxyl groups is 1. The smallest absolute Gasteiger partial charge is 0.118 e. The van der Waals surface area contributed by atoms with Gasteiger partial charge >= 0.3 is 0 Å². The van der Waals surface area contributed by atoms with E-state index in [2.05, 4.69) is 43.3 Å². The lowest BCUT2D eigenvalue weighted by atomic mass is 10.00. The van der Waals surface area contributed by atoms with Crippen molar-refractivity contribution < 1.29 is 5.11 Å². The molecule has 0 fully saturated rings. The standard InChI is InChI=1S/C12H17NS.C7H8O.2C2H6/c1-13(2)8-10-7-11-5-3-4-6-12(11)14-9-10;1-6-4-2-3-5-7(6)8;2*1-2/h3-6,10H,7-9H2,1-2H3;2-5,8H,1H3;2*1-2H3. The molecule has 0 spiro atoms. The number of thioether (sulfide) groups is 1. The van der Waals surface area contributed by atoms with E-state index in [1.807, 2.05) is 64.6 Å². The zero-order valence-corrected chi connectivity index (χ0v) is 18.4. The Kier molecular flexibility index (Phi) is 13.9. The molecular weight excluding hydrogens is 338 g/mol. The van der Waals surface area contributed by atoms with Gasteiger partial charge in [-0.2, -0.15) is 0 Å². The predicted octanol–water partition coefficient (Wildman–Crippen LogP) is 6.27. The average Bonchev–Trinajstić information content (AvgIpc) is 2.67. The number of fused-ring (bicyclic) bond motifs is 1. The van der Waals surface area contributed by atoms with E-state index < -0.39 is 0 Å². The summed E-state index contributed by atoms with van der Waals surface area (Å²) in [5, 5.41) is 8.92. The van der Waals surface area contributed by atoms with Crippen LogP contribution in [0.15, 0.2) is 53.4 Å². The van der Waals surface area contributed by atoms with Crippen LogP contribution in [-0.2, 0) is 6.42 Å². The molecule has 0 radical (unpaired) electrons. The van der Waals surface area contributed by atoms with Crippen LogP contribution < -0.4 is 0 Å². The van der Waals surface area contributed by atoms with Crippen molar-refractivity contribution in [3.05, 3.63) is 59.7 Å². The van der Waals surface area contributed by atoms with Crippen molar-refractivity contribution in [2.75, 3.05) is 26.4 Å². The van der Waals surface area contributed by atoms with E-state index in [9.17, 15) is 0 Å². The van der Waals surface area contributed by atoms with E-state index in [1.165, 1.54) is 29.2 Å². The first-order chi connectivity index (χ1) is 12.6. The van der Waals surface area contributed by atoms with Crippen LogP contribution >= 0.6 is 11.8 Å². The van der Waals surface area contributed by atoms with Gasteiger partial charge in [0, 0.05) is 17.2 Å². The molecule has 1 aliphatic heterocycles. The van der Waals surface area contributed by atoms with Crippen molar-refractivity contribution in [2.24, 2.45) is 5.92 Å². The van der Waals surface area contributed by atoms with Crippen molar-refractivity contribution >= 4 is 11.8 Å². The third-order valence-electron chi connectivity index (χ3n) is 3.69. The number of phenols is 1. The topological polar surface area (TPSA) is 23.5 Å². The van der Waals surface area contributed by atoms with Crippen molar-refractivity contribution in [1.82, 2.24) is 4.90 Å². The van der Waals surface area contributed by atoms with Crippen LogP contribution in [0.2, 0.25) is 0 Å². The normalized spacial score (nSPS) is 14.5. The molecule has 2 nitrogen and oxygen atoms in total. The summed E-state index contributed by atoms with van der Waals surface area (Å²) in [7, 11) is 4.32. The van der Waals surface area contributed by atoms with Crippen molar-refractivity contribution in [3.8, 4) is 5.75 Å². The second kappa shape index (κ2) is 14.7. The van der Waals surface area contributed by atoms with Crippen molar-refractivity contribution in [2.45, 2.75) is 45.9 Å². The van der Waals surface area contributed by atoms with Gasteiger partial charge < -0.3 is 10.0 Å². The van der Waals surface area contributed by atoms with Crippen LogP contribution in [0.4, 0.5) is 0 Å². The van der Waals surface area contributed by atoms with Crippen LogP contribution in [0, 0.1) is 12.8 Å². The Hall–Kier alpha value is -1.45. The highest BCUT2D eigenvalue weighted by atomic mass is 32.2. The Balaban J connectivity index is 0.000000444. The van der Waals surface area contributed by atoms with Crippen LogP contribution in [0.3, 0.4) is 0 Å². The number of nitrogens with zero attached hydrogens (tertiary/aromatic N) is 1. The highest BCUT2D eigenvalue weighted by Crippen LogP contribution is 2.32. The lowest BCUT2D eigenvalue weighted by molar-refractivity contribution is 0.339. The molecule has 0 amide bonds. The minimum Gasteiger partial charge on any atom is -0.508 e. The highest BCUT2D eigenvalue weighted by molar-refractivity contribution is 7.99. The molecule has 2 aromatic rings. The monoisotopic (exact) mass is 375 g/mol. The molecule has 3 rings (SSSR count). The Bertz CT molecular complexity index is 577. The quantitative estimate of drug-likeness (QED) is 0.669. The molecule has 2 aromatic carbocycles. The summed E-state index contributed by atoms with van der Waals surface area (Å²) in [6, 6.07) is 16.0. The van der Waals surface area contributed by atoms with Gasteiger partial charge in [0.25, 0.3) is 0 Å². The molecule has 0 aliphatic carbocycles. The Labute approximate surface area is 165 Å². The first-order valence-corrected chi connectivity index (χ1v) is 10.6. The third-order valence-corrected chi connectivity index (χ3v) is 5.04. The van der Waals surface area contributed by atoms with Crippen LogP contribution in [-0.4, -0.2) is 36.4 Å². The average molecular weight is 376 g/mol. The van der Waals surface area contributed by atoms with E-state index in [0.717, 1.165) is 11.5 Å². The van der Waals surface area contributed by atoms with Gasteiger partial charge in [-0.05, 0) is 56.6 Å². The van der Waals surface area contributed by atoms with Gasteiger partial charge in [0.15, 0.2) is 0 Å². The number of hydrogen-bond acceptors (Lipinski definition) is 3. The van der Waals surface area contributed by atoms with Gasteiger partial charge in [-0.3, -0.25) is 0 Å². The zero-order valence-electron chi connectivity index (χ0n) is 17.6. The van der Waals surface area contributed by atoms with Gasteiger partial charge in [0.05, 0.1) is 0 Å². The van der Waals surface area contributed by atoms with E-state index in [4.69, 9.17) is 5.11 Å². The minimum absolute atomic E-state index is 0.368. The fourth-order valence-corrected chi connectivity index (χ4v) is 3.74. The van der Waals surface area contributed by atoms with Gasteiger partial charge in [-0.25, -0.2) is 0 Å². The van der Waals surface area contributed by atoms with Gasteiger partial charge in [-0.1, -0.05) is 64.1 Å². The Morgan fingerprint density at radius 3 is 2.08 bits per heavy atom. The van der Waals surface area contributed by atoms with Crippen LogP contribution in [0.1, 0.15) is 38.8 Å². The van der Waals surface area contributed by atoms with Crippen LogP contribution in [0.25, 0.3) is 0 Å². The second-order valence-corrected chi connectivity index (χ2v) is 7.10. The fraction of sp³-hybridized carbons (Fsp3) is 0.478. The van der Waals surface area contributed by atoms with Gasteiger partial charge in [-0.15, -0.1) is 11.8 Å². The number of phenolic OH excluding ortho intramolecular Hbond substituents is 1. The summed E-state index contributed by atoms with van der Waals surface area (Å²) in [6.07, 6.45) is 1.25. The molecule has 146 valence electrons. The second-order valence-electron chi connectivity index (χ2n) is 6.04. The zero-order chi connectivity index (χ0) is 19.9. The number of hydrogen-bond donors (Lipinski definition) is 1. The summed E-state index contributed by atoms with van der Waals surface area (Å²) in [5.74, 6) is 2.47. The number of para-hydroxylation sites is 1. The lowest BCUT2D eigenvalue weighted by Gasteiger charge is -2.26. The molecule has 1 unspecified atom stereocenters. The summed E-state index contributed by atoms with van der Waals surface area (Å²) < 4.78 is 0. The summed E-state index contributed by atoms with van der Waals surface area (Å²) in [5.41, 5.74) is 2.46. The Morgan fingerprint density at radius 1 is 0.962 bits per heavy atom. The van der Waals surface area contributed by atoms with Crippen molar-refractivity contribution in [1.29, 1.82) is 0 Å². The van der Waals surface area contributed by atoms with Gasteiger partial charge in [0.1, 0.15) is 5.75 Å². The highest BCUT2D eigenvalue weighted by Gasteiger charge is 2.18. The SMILES string of the molecule is CC.CC.CN(C)CC1CSc2ccccc2C1.Cc1ccccc1O. The molecule has 0 aromatic heterocycles. The number of benzene rings is 2. The Morgan fingerprint density at radius 2 is 1.54 bits per heavy atom. The molecule has 1 N–H and O–H groups in total. The largest absolute Gasteiger partial charge is 0.508 e. The summed E-state index contributed by atoms with van der Waals surface area (Å²) in [4.78, 5) is 3.78. The number of aryl methyl sites for hydroxylation is 1. The molecule has 1 heterocycles. The molecule has 1 aliphatic rings. The molecule has 26 heavy (non-hydrogen) atoms. The van der Waals surface area contributed by atoms with E-state index in [0.29, 0.717) is 5.75 Å². The molecule has 0 saturated heterocycles. The predicted molar refractivity (Wildman–Crippen MR) is 118 cm³/mol. The molecule has 0 bridgehead atoms. The summed E-state index contributed by atoms with van der Waals surface area (Å²) in [6.45, 7) is 11.1. The van der Waals surface area contributed by atoms with Crippen molar-refractivity contribution in [3.63, 3.8) is 0 Å². The summed E-state index contributed by atoms with van der Waals surface area (Å²) >= 11 is 2.01. The third kappa shape index (κ3) is 9.30. The van der Waals surface area contributed by atoms with Crippen LogP contribution in [0.5, 0.6) is 5.75 Å². The maximum Gasteiger partial charge on any atom is 0.118 e. The van der Waals surface area contributed by atoms with Gasteiger partial charge in [0.2, 0.25) is 0 Å². The van der Waals surface area contributed by atoms with E-state index >= 15 is 0 Å². The van der Waals surface area contributed by atoms with E-state index in [-0.39, 0.29) is 0 Å². The first-order valence-electron chi connectivity index (χ1n) is 9.66. The maximum absolute atomic E-state index is 8.92.